The molecule has 0 aromatic carbocycles. The molecule has 2 heterocycles. The van der Waals surface area contributed by atoms with E-state index in [2.05, 4.69) is 17.1 Å². The topological polar surface area (TPSA) is 29.0 Å². The molecule has 1 saturated heterocycles. The van der Waals surface area contributed by atoms with Crippen molar-refractivity contribution < 1.29 is 13.2 Å². The van der Waals surface area contributed by atoms with Gasteiger partial charge in [-0.3, -0.25) is 0 Å². The highest BCUT2D eigenvalue weighted by Crippen LogP contribution is 2.35. The van der Waals surface area contributed by atoms with Crippen molar-refractivity contribution in [2.75, 3.05) is 23.7 Å². The van der Waals surface area contributed by atoms with Crippen LogP contribution in [0.25, 0.3) is 0 Å². The van der Waals surface area contributed by atoms with Crippen molar-refractivity contribution in [3.8, 4) is 0 Å². The van der Waals surface area contributed by atoms with Gasteiger partial charge >= 0.3 is 6.18 Å². The van der Waals surface area contributed by atoms with Crippen LogP contribution in [-0.2, 0) is 6.18 Å². The average molecular weight is 283 g/mol. The molecule has 17 heavy (non-hydrogen) atoms. The van der Waals surface area contributed by atoms with E-state index in [4.69, 9.17) is 0 Å². The van der Waals surface area contributed by atoms with Crippen LogP contribution in [-0.4, -0.2) is 34.3 Å². The van der Waals surface area contributed by atoms with Crippen LogP contribution in [0.2, 0.25) is 0 Å². The van der Waals surface area contributed by atoms with E-state index in [1.165, 1.54) is 0 Å². The van der Waals surface area contributed by atoms with Crippen molar-refractivity contribution in [1.29, 1.82) is 0 Å². The summed E-state index contributed by atoms with van der Waals surface area (Å²) in [6, 6.07) is 0. The Hall–Kier alpha value is -0.500. The molecule has 0 bridgehead atoms. The van der Waals surface area contributed by atoms with E-state index in [9.17, 15) is 13.2 Å². The van der Waals surface area contributed by atoms with E-state index >= 15 is 0 Å². The highest BCUT2D eigenvalue weighted by atomic mass is 32.2. The van der Waals surface area contributed by atoms with Gasteiger partial charge in [0, 0.05) is 24.1 Å². The minimum Gasteiger partial charge on any atom is -0.345 e. The number of halogens is 3. The second-order valence-corrected chi connectivity index (χ2v) is 6.10. The van der Waals surface area contributed by atoms with Crippen molar-refractivity contribution in [1.82, 2.24) is 10.2 Å². The molecule has 1 aliphatic heterocycles. The maximum absolute atomic E-state index is 12.4. The number of nitrogens with zero attached hydrogens (tertiary/aromatic N) is 3. The van der Waals surface area contributed by atoms with Gasteiger partial charge in [-0.05, 0) is 6.42 Å². The summed E-state index contributed by atoms with van der Waals surface area (Å²) in [6.07, 6.45) is -3.36. The van der Waals surface area contributed by atoms with E-state index < -0.39 is 11.2 Å². The first-order valence-electron chi connectivity index (χ1n) is 5.28. The molecular weight excluding hydrogens is 271 g/mol. The fourth-order valence-electron chi connectivity index (χ4n) is 1.60. The molecule has 96 valence electrons. The fraction of sp³-hybridized carbons (Fsp3) is 0.778. The summed E-state index contributed by atoms with van der Waals surface area (Å²) < 4.78 is 37.2. The number of alkyl halides is 3. The van der Waals surface area contributed by atoms with Crippen molar-refractivity contribution in [2.24, 2.45) is 0 Å². The predicted octanol–water partition coefficient (Wildman–Crippen LogP) is 2.89. The summed E-state index contributed by atoms with van der Waals surface area (Å²) >= 11 is 2.49. The zero-order valence-corrected chi connectivity index (χ0v) is 10.8. The first-order valence-corrected chi connectivity index (χ1v) is 7.14. The van der Waals surface area contributed by atoms with Crippen LogP contribution in [0.3, 0.4) is 0 Å². The van der Waals surface area contributed by atoms with Crippen LogP contribution in [0.5, 0.6) is 0 Å². The molecule has 0 N–H and O–H groups in total. The third kappa shape index (κ3) is 3.04. The molecule has 2 rings (SSSR count). The molecule has 0 radical (unpaired) electrons. The molecule has 1 unspecified atom stereocenters. The second kappa shape index (κ2) is 5.01. The fourth-order valence-corrected chi connectivity index (χ4v) is 3.52. The van der Waals surface area contributed by atoms with E-state index in [1.807, 2.05) is 16.7 Å². The number of thioether (sulfide) groups is 1. The number of rotatable bonds is 2. The summed E-state index contributed by atoms with van der Waals surface area (Å²) in [7, 11) is 0. The van der Waals surface area contributed by atoms with Crippen LogP contribution in [0, 0.1) is 0 Å². The Morgan fingerprint density at radius 3 is 2.76 bits per heavy atom. The maximum atomic E-state index is 12.4. The number of anilines is 1. The van der Waals surface area contributed by atoms with Gasteiger partial charge in [0.05, 0.1) is 0 Å². The third-order valence-corrected chi connectivity index (χ3v) is 4.92. The summed E-state index contributed by atoms with van der Waals surface area (Å²) in [6.45, 7) is 3.59. The molecule has 8 heteroatoms. The normalized spacial score (nSPS) is 21.9. The Balaban J connectivity index is 2.09. The lowest BCUT2D eigenvalue weighted by Gasteiger charge is -2.31. The molecule has 0 aliphatic carbocycles. The largest absolute Gasteiger partial charge is 0.445 e. The highest BCUT2D eigenvalue weighted by molar-refractivity contribution is 8.00. The Kier molecular flexibility index (Phi) is 3.82. The molecule has 1 fully saturated rings. The number of aromatic nitrogens is 2. The van der Waals surface area contributed by atoms with Gasteiger partial charge in [-0.15, -0.1) is 10.2 Å². The van der Waals surface area contributed by atoms with E-state index in [0.29, 0.717) is 21.7 Å². The highest BCUT2D eigenvalue weighted by Gasteiger charge is 2.36. The van der Waals surface area contributed by atoms with Crippen LogP contribution >= 0.6 is 23.1 Å². The van der Waals surface area contributed by atoms with Crippen molar-refractivity contribution >= 4 is 28.2 Å². The summed E-state index contributed by atoms with van der Waals surface area (Å²) in [5, 5.41) is 6.85. The van der Waals surface area contributed by atoms with Crippen molar-refractivity contribution in [2.45, 2.75) is 24.8 Å². The van der Waals surface area contributed by atoms with E-state index in [-0.39, 0.29) is 0 Å². The van der Waals surface area contributed by atoms with Crippen LogP contribution < -0.4 is 4.90 Å². The van der Waals surface area contributed by atoms with Crippen molar-refractivity contribution in [3.63, 3.8) is 0 Å². The van der Waals surface area contributed by atoms with Crippen LogP contribution in [0.1, 0.15) is 18.4 Å². The van der Waals surface area contributed by atoms with Crippen LogP contribution in [0.15, 0.2) is 0 Å². The summed E-state index contributed by atoms with van der Waals surface area (Å²) in [5.74, 6) is 0.930. The average Bonchev–Trinajstić information content (AvgIpc) is 2.78. The van der Waals surface area contributed by atoms with E-state index in [0.717, 1.165) is 25.3 Å². The van der Waals surface area contributed by atoms with Gasteiger partial charge in [0.15, 0.2) is 0 Å². The number of hydrogen-bond acceptors (Lipinski definition) is 5. The molecule has 3 nitrogen and oxygen atoms in total. The molecule has 1 aromatic heterocycles. The minimum atomic E-state index is -4.38. The van der Waals surface area contributed by atoms with Gasteiger partial charge in [-0.1, -0.05) is 18.3 Å². The monoisotopic (exact) mass is 283 g/mol. The smallest absolute Gasteiger partial charge is 0.345 e. The Morgan fingerprint density at radius 2 is 2.18 bits per heavy atom. The molecular formula is C9H12F3N3S2. The molecule has 1 aliphatic rings. The van der Waals surface area contributed by atoms with Gasteiger partial charge in [0.1, 0.15) is 0 Å². The van der Waals surface area contributed by atoms with Gasteiger partial charge in [-0.2, -0.15) is 24.9 Å². The predicted molar refractivity (Wildman–Crippen MR) is 63.7 cm³/mol. The molecule has 1 aromatic rings. The lowest BCUT2D eigenvalue weighted by molar-refractivity contribution is -0.138. The number of hydrogen-bond donors (Lipinski definition) is 0. The Labute approximate surface area is 105 Å². The molecule has 0 amide bonds. The summed E-state index contributed by atoms with van der Waals surface area (Å²) in [4.78, 5) is 1.90. The lowest BCUT2D eigenvalue weighted by atomic mass is 10.3. The molecule has 0 spiro atoms. The van der Waals surface area contributed by atoms with Gasteiger partial charge in [-0.25, -0.2) is 0 Å². The zero-order valence-electron chi connectivity index (χ0n) is 9.20. The zero-order chi connectivity index (χ0) is 12.5. The van der Waals surface area contributed by atoms with E-state index in [1.54, 1.807) is 0 Å². The Morgan fingerprint density at radius 1 is 1.41 bits per heavy atom. The van der Waals surface area contributed by atoms with Gasteiger partial charge in [0.25, 0.3) is 0 Å². The van der Waals surface area contributed by atoms with Crippen molar-refractivity contribution in [3.05, 3.63) is 5.01 Å². The summed E-state index contributed by atoms with van der Waals surface area (Å²) in [5.41, 5.74) is 0. The lowest BCUT2D eigenvalue weighted by Crippen LogP contribution is -2.37. The maximum Gasteiger partial charge on any atom is 0.445 e. The first kappa shape index (κ1) is 12.9. The SMILES string of the molecule is CCC1CN(c2nnc(C(F)(F)F)s2)CCS1. The Bertz CT molecular complexity index is 380. The van der Waals surface area contributed by atoms with Gasteiger partial charge in [0.2, 0.25) is 10.1 Å². The second-order valence-electron chi connectivity index (χ2n) is 3.73. The molecule has 0 saturated carbocycles. The van der Waals surface area contributed by atoms with Crippen LogP contribution in [0.4, 0.5) is 18.3 Å². The quantitative estimate of drug-likeness (QED) is 0.834. The molecule has 1 atom stereocenters. The first-order chi connectivity index (χ1) is 8.00. The standard InChI is InChI=1S/C9H12F3N3S2/c1-2-6-5-15(3-4-16-6)8-14-13-7(17-8)9(10,11)12/h6H,2-5H2,1H3. The minimum absolute atomic E-state index is 0.385. The third-order valence-electron chi connectivity index (χ3n) is 2.52. The van der Waals surface area contributed by atoms with Gasteiger partial charge < -0.3 is 4.90 Å².